The molecule has 0 aliphatic carbocycles. The number of hydrazine groups is 1. The Morgan fingerprint density at radius 1 is 1.37 bits per heavy atom. The van der Waals surface area contributed by atoms with Crippen molar-refractivity contribution < 1.29 is 0 Å². The van der Waals surface area contributed by atoms with Crippen molar-refractivity contribution in [2.24, 2.45) is 5.84 Å². The molecule has 1 unspecified atom stereocenters. The zero-order chi connectivity index (χ0) is 13.8. The van der Waals surface area contributed by atoms with Crippen LogP contribution >= 0.6 is 0 Å². The maximum Gasteiger partial charge on any atom is 0.138 e. The van der Waals surface area contributed by atoms with Crippen LogP contribution in [0.2, 0.25) is 0 Å². The molecule has 0 fully saturated rings. The maximum atomic E-state index is 5.66. The van der Waals surface area contributed by atoms with E-state index in [-0.39, 0.29) is 12.1 Å². The maximum absolute atomic E-state index is 5.66. The van der Waals surface area contributed by atoms with Crippen LogP contribution in [0.3, 0.4) is 0 Å². The van der Waals surface area contributed by atoms with Gasteiger partial charge in [-0.15, -0.1) is 0 Å². The number of aryl methyl sites for hydroxylation is 1. The van der Waals surface area contributed by atoms with E-state index in [4.69, 9.17) is 5.84 Å². The minimum atomic E-state index is -0.0194. The predicted molar refractivity (Wildman–Crippen MR) is 73.1 cm³/mol. The van der Waals surface area contributed by atoms with Crippen LogP contribution < -0.4 is 11.3 Å². The first-order chi connectivity index (χ1) is 9.11. The summed E-state index contributed by atoms with van der Waals surface area (Å²) in [6, 6.07) is 2.34. The summed E-state index contributed by atoms with van der Waals surface area (Å²) in [6.45, 7) is 6.18. The van der Waals surface area contributed by atoms with Crippen molar-refractivity contribution in [1.82, 2.24) is 25.2 Å². The Morgan fingerprint density at radius 3 is 2.79 bits per heavy atom. The number of pyridine rings is 1. The quantitative estimate of drug-likeness (QED) is 0.625. The Kier molecular flexibility index (Phi) is 4.24. The minimum Gasteiger partial charge on any atom is -0.271 e. The predicted octanol–water partition coefficient (Wildman–Crippen LogP) is 1.31. The van der Waals surface area contributed by atoms with Crippen molar-refractivity contribution in [1.29, 1.82) is 0 Å². The zero-order valence-corrected chi connectivity index (χ0v) is 11.5. The summed E-state index contributed by atoms with van der Waals surface area (Å²) in [5.41, 5.74) is 5.00. The van der Waals surface area contributed by atoms with Crippen LogP contribution in [-0.4, -0.2) is 19.7 Å². The molecule has 2 aromatic rings. The van der Waals surface area contributed by atoms with Gasteiger partial charge in [-0.05, 0) is 31.9 Å². The van der Waals surface area contributed by atoms with Crippen LogP contribution in [0.1, 0.15) is 42.9 Å². The highest BCUT2D eigenvalue weighted by molar-refractivity contribution is 5.21. The molecule has 0 aliphatic rings. The largest absolute Gasteiger partial charge is 0.271 e. The van der Waals surface area contributed by atoms with E-state index in [1.807, 2.05) is 24.0 Å². The van der Waals surface area contributed by atoms with Gasteiger partial charge in [-0.2, -0.15) is 5.10 Å². The molecule has 0 aromatic carbocycles. The molecule has 3 N–H and O–H groups in total. The Bertz CT molecular complexity index is 533. The highest BCUT2D eigenvalue weighted by Crippen LogP contribution is 2.18. The lowest BCUT2D eigenvalue weighted by Crippen LogP contribution is -2.30. The average Bonchev–Trinajstić information content (AvgIpc) is 2.84. The number of nitrogens with one attached hydrogen (secondary N) is 1. The van der Waals surface area contributed by atoms with Crippen LogP contribution in [0.15, 0.2) is 24.8 Å². The minimum absolute atomic E-state index is 0.0194. The van der Waals surface area contributed by atoms with Crippen LogP contribution in [-0.2, 0) is 6.42 Å². The number of nitrogens with zero attached hydrogens (tertiary/aromatic N) is 4. The SMILES string of the molecule is Cc1cncc(C(Cc2ncnn2C(C)C)NN)c1. The molecule has 0 spiro atoms. The summed E-state index contributed by atoms with van der Waals surface area (Å²) >= 11 is 0. The number of nitrogens with two attached hydrogens (primary N) is 1. The van der Waals surface area contributed by atoms with Gasteiger partial charge in [0.15, 0.2) is 0 Å². The van der Waals surface area contributed by atoms with Crippen LogP contribution in [0.25, 0.3) is 0 Å². The van der Waals surface area contributed by atoms with E-state index in [1.54, 1.807) is 6.33 Å². The van der Waals surface area contributed by atoms with Gasteiger partial charge >= 0.3 is 0 Å². The molecule has 0 bridgehead atoms. The smallest absolute Gasteiger partial charge is 0.138 e. The molecule has 0 saturated heterocycles. The standard InChI is InChI=1S/C13H20N6/c1-9(2)19-13(16-8-17-19)5-12(18-14)11-4-10(3)6-15-7-11/h4,6-9,12,18H,5,14H2,1-3H3. The fourth-order valence-electron chi connectivity index (χ4n) is 2.08. The first-order valence-electron chi connectivity index (χ1n) is 6.38. The Hall–Kier alpha value is -1.79. The van der Waals surface area contributed by atoms with E-state index >= 15 is 0 Å². The molecule has 2 heterocycles. The fraction of sp³-hybridized carbons (Fsp3) is 0.462. The molecule has 2 rings (SSSR count). The van der Waals surface area contributed by atoms with E-state index in [2.05, 4.69) is 40.4 Å². The lowest BCUT2D eigenvalue weighted by Gasteiger charge is -2.17. The molecule has 0 aliphatic heterocycles. The van der Waals surface area contributed by atoms with Gasteiger partial charge in [0.2, 0.25) is 0 Å². The normalized spacial score (nSPS) is 12.9. The second-order valence-electron chi connectivity index (χ2n) is 4.93. The Labute approximate surface area is 113 Å². The highest BCUT2D eigenvalue weighted by atomic mass is 15.3. The van der Waals surface area contributed by atoms with Gasteiger partial charge in [-0.25, -0.2) is 9.67 Å². The molecule has 6 nitrogen and oxygen atoms in total. The highest BCUT2D eigenvalue weighted by Gasteiger charge is 2.16. The van der Waals surface area contributed by atoms with Gasteiger partial charge in [0.25, 0.3) is 0 Å². The van der Waals surface area contributed by atoms with Crippen LogP contribution in [0.4, 0.5) is 0 Å². The topological polar surface area (TPSA) is 81.7 Å². The first kappa shape index (κ1) is 13.6. The first-order valence-corrected chi connectivity index (χ1v) is 6.38. The molecule has 0 saturated carbocycles. The third-order valence-electron chi connectivity index (χ3n) is 3.02. The Balaban J connectivity index is 2.22. The van der Waals surface area contributed by atoms with Crippen LogP contribution in [0, 0.1) is 6.92 Å². The van der Waals surface area contributed by atoms with Crippen molar-refractivity contribution in [2.75, 3.05) is 0 Å². The number of hydrogen-bond acceptors (Lipinski definition) is 5. The number of aromatic nitrogens is 4. The van der Waals surface area contributed by atoms with Gasteiger partial charge in [0.1, 0.15) is 12.2 Å². The van der Waals surface area contributed by atoms with Crippen molar-refractivity contribution in [3.05, 3.63) is 41.7 Å². The molecule has 6 heteroatoms. The summed E-state index contributed by atoms with van der Waals surface area (Å²) in [7, 11) is 0. The second-order valence-corrected chi connectivity index (χ2v) is 4.93. The molecule has 1 atom stereocenters. The summed E-state index contributed by atoms with van der Waals surface area (Å²) in [5.74, 6) is 6.58. The lowest BCUT2D eigenvalue weighted by molar-refractivity contribution is 0.468. The lowest BCUT2D eigenvalue weighted by atomic mass is 10.0. The molecule has 2 aromatic heterocycles. The van der Waals surface area contributed by atoms with E-state index < -0.39 is 0 Å². The molecule has 0 amide bonds. The van der Waals surface area contributed by atoms with Gasteiger partial charge in [-0.3, -0.25) is 16.3 Å². The van der Waals surface area contributed by atoms with E-state index in [1.165, 1.54) is 0 Å². The van der Waals surface area contributed by atoms with Crippen LogP contribution in [0.5, 0.6) is 0 Å². The van der Waals surface area contributed by atoms with Crippen molar-refractivity contribution >= 4 is 0 Å². The van der Waals surface area contributed by atoms with Gasteiger partial charge in [-0.1, -0.05) is 6.07 Å². The van der Waals surface area contributed by atoms with Gasteiger partial charge in [0, 0.05) is 24.9 Å². The second kappa shape index (κ2) is 5.90. The van der Waals surface area contributed by atoms with E-state index in [0.717, 1.165) is 17.0 Å². The molecular weight excluding hydrogens is 240 g/mol. The van der Waals surface area contributed by atoms with Gasteiger partial charge in [0.05, 0.1) is 6.04 Å². The molecule has 0 radical (unpaired) electrons. The summed E-state index contributed by atoms with van der Waals surface area (Å²) in [5, 5.41) is 4.24. The number of hydrogen-bond donors (Lipinski definition) is 2. The van der Waals surface area contributed by atoms with Crippen molar-refractivity contribution in [3.63, 3.8) is 0 Å². The van der Waals surface area contributed by atoms with E-state index in [9.17, 15) is 0 Å². The monoisotopic (exact) mass is 260 g/mol. The van der Waals surface area contributed by atoms with Gasteiger partial charge < -0.3 is 0 Å². The fourth-order valence-corrected chi connectivity index (χ4v) is 2.08. The zero-order valence-electron chi connectivity index (χ0n) is 11.5. The van der Waals surface area contributed by atoms with Crippen molar-refractivity contribution in [3.8, 4) is 0 Å². The van der Waals surface area contributed by atoms with E-state index in [0.29, 0.717) is 6.42 Å². The summed E-state index contributed by atoms with van der Waals surface area (Å²) in [6.07, 6.45) is 5.92. The molecule has 19 heavy (non-hydrogen) atoms. The van der Waals surface area contributed by atoms with Crippen molar-refractivity contribution in [2.45, 2.75) is 39.3 Å². The third-order valence-corrected chi connectivity index (χ3v) is 3.02. The summed E-state index contributed by atoms with van der Waals surface area (Å²) in [4.78, 5) is 8.51. The number of rotatable bonds is 5. The Morgan fingerprint density at radius 2 is 2.16 bits per heavy atom. The third kappa shape index (κ3) is 3.15. The molecular formula is C13H20N6. The molecule has 102 valence electrons. The average molecular weight is 260 g/mol. The summed E-state index contributed by atoms with van der Waals surface area (Å²) < 4.78 is 1.91.